The normalized spacial score (nSPS) is 18.4. The molecule has 0 aliphatic carbocycles. The van der Waals surface area contributed by atoms with Gasteiger partial charge in [0.15, 0.2) is 0 Å². The first-order valence-corrected chi connectivity index (χ1v) is 7.68. The van der Waals surface area contributed by atoms with Gasteiger partial charge in [-0.1, -0.05) is 0 Å². The third-order valence-corrected chi connectivity index (χ3v) is 3.78. The summed E-state index contributed by atoms with van der Waals surface area (Å²) in [5.74, 6) is 0.0496. The zero-order valence-corrected chi connectivity index (χ0v) is 13.3. The van der Waals surface area contributed by atoms with Crippen LogP contribution >= 0.6 is 0 Å². The zero-order chi connectivity index (χ0) is 15.2. The lowest BCUT2D eigenvalue weighted by Crippen LogP contribution is -2.38. The highest BCUT2D eigenvalue weighted by Crippen LogP contribution is 2.11. The molecule has 1 aliphatic heterocycles. The average molecular weight is 294 g/mol. The number of amides is 1. The van der Waals surface area contributed by atoms with E-state index >= 15 is 0 Å². The fraction of sp³-hybridized carbons (Fsp3) is 0.733. The molecule has 2 rings (SSSR count). The van der Waals surface area contributed by atoms with Gasteiger partial charge in [-0.3, -0.25) is 14.4 Å². The Labute approximate surface area is 126 Å². The van der Waals surface area contributed by atoms with Crippen molar-refractivity contribution in [1.82, 2.24) is 20.0 Å². The maximum Gasteiger partial charge on any atom is 0.234 e. The smallest absolute Gasteiger partial charge is 0.234 e. The Hall–Kier alpha value is -1.40. The minimum atomic E-state index is 0.0496. The standard InChI is InChI=1S/C15H26N4O2/c1-4-19-10-13(12(2)17-19)9-18(3)11-15(20)16-8-14-6-5-7-21-14/h10,14H,4-9,11H2,1-3H3,(H,16,20)/t14-/m0/s1. The van der Waals surface area contributed by atoms with Gasteiger partial charge in [0.2, 0.25) is 5.91 Å². The number of carbonyl (C=O) groups excluding carboxylic acids is 1. The Kier molecular flexibility index (Phi) is 5.76. The summed E-state index contributed by atoms with van der Waals surface area (Å²) in [5, 5.41) is 7.37. The molecule has 1 amide bonds. The highest BCUT2D eigenvalue weighted by atomic mass is 16.5. The van der Waals surface area contributed by atoms with Crippen LogP contribution < -0.4 is 5.32 Å². The molecule has 21 heavy (non-hydrogen) atoms. The molecule has 0 radical (unpaired) electrons. The van der Waals surface area contributed by atoms with Crippen molar-refractivity contribution >= 4 is 5.91 Å². The van der Waals surface area contributed by atoms with E-state index in [1.807, 2.05) is 23.6 Å². The van der Waals surface area contributed by atoms with Crippen LogP contribution in [0, 0.1) is 6.92 Å². The van der Waals surface area contributed by atoms with Crippen molar-refractivity contribution in [3.63, 3.8) is 0 Å². The average Bonchev–Trinajstić information content (AvgIpc) is 3.07. The molecule has 2 heterocycles. The summed E-state index contributed by atoms with van der Waals surface area (Å²) >= 11 is 0. The van der Waals surface area contributed by atoms with Crippen LogP contribution in [-0.2, 0) is 22.6 Å². The number of rotatable bonds is 7. The summed E-state index contributed by atoms with van der Waals surface area (Å²) in [5.41, 5.74) is 2.20. The van der Waals surface area contributed by atoms with Crippen molar-refractivity contribution in [1.29, 1.82) is 0 Å². The first kappa shape index (κ1) is 16.0. The van der Waals surface area contributed by atoms with E-state index in [1.165, 1.54) is 5.56 Å². The van der Waals surface area contributed by atoms with Gasteiger partial charge in [0.25, 0.3) is 0 Å². The van der Waals surface area contributed by atoms with E-state index in [0.29, 0.717) is 13.1 Å². The first-order valence-electron chi connectivity index (χ1n) is 7.68. The summed E-state index contributed by atoms with van der Waals surface area (Å²) in [6.07, 6.45) is 4.40. The van der Waals surface area contributed by atoms with Crippen LogP contribution in [0.25, 0.3) is 0 Å². The highest BCUT2D eigenvalue weighted by Gasteiger charge is 2.17. The quantitative estimate of drug-likeness (QED) is 0.813. The predicted octanol–water partition coefficient (Wildman–Crippen LogP) is 0.938. The molecular formula is C15H26N4O2. The Morgan fingerprint density at radius 1 is 1.62 bits per heavy atom. The lowest BCUT2D eigenvalue weighted by molar-refractivity contribution is -0.122. The van der Waals surface area contributed by atoms with Crippen molar-refractivity contribution in [3.8, 4) is 0 Å². The fourth-order valence-corrected chi connectivity index (χ4v) is 2.56. The van der Waals surface area contributed by atoms with Crippen molar-refractivity contribution in [3.05, 3.63) is 17.5 Å². The number of likely N-dealkylation sites (N-methyl/N-ethyl adjacent to an activating group) is 1. The molecular weight excluding hydrogens is 268 g/mol. The highest BCUT2D eigenvalue weighted by molar-refractivity contribution is 5.78. The number of nitrogens with one attached hydrogen (secondary N) is 1. The molecule has 1 aromatic rings. The van der Waals surface area contributed by atoms with Crippen LogP contribution in [0.15, 0.2) is 6.20 Å². The molecule has 1 aromatic heterocycles. The van der Waals surface area contributed by atoms with E-state index < -0.39 is 0 Å². The third kappa shape index (κ3) is 4.82. The molecule has 1 fully saturated rings. The molecule has 0 unspecified atom stereocenters. The second kappa shape index (κ2) is 7.56. The van der Waals surface area contributed by atoms with E-state index in [9.17, 15) is 4.79 Å². The van der Waals surface area contributed by atoms with Crippen molar-refractivity contribution in [2.75, 3.05) is 26.7 Å². The van der Waals surface area contributed by atoms with Gasteiger partial charge < -0.3 is 10.1 Å². The largest absolute Gasteiger partial charge is 0.376 e. The molecule has 118 valence electrons. The number of ether oxygens (including phenoxy) is 1. The van der Waals surface area contributed by atoms with E-state index in [1.54, 1.807) is 0 Å². The SMILES string of the molecule is CCn1cc(CN(C)CC(=O)NC[C@@H]2CCCO2)c(C)n1. The lowest BCUT2D eigenvalue weighted by Gasteiger charge is -2.17. The van der Waals surface area contributed by atoms with Crippen molar-refractivity contribution in [2.24, 2.45) is 0 Å². The number of hydrogen-bond acceptors (Lipinski definition) is 4. The Morgan fingerprint density at radius 2 is 2.43 bits per heavy atom. The summed E-state index contributed by atoms with van der Waals surface area (Å²) in [6.45, 7) is 7.51. The maximum absolute atomic E-state index is 11.9. The molecule has 6 heteroatoms. The molecule has 1 saturated heterocycles. The van der Waals surface area contributed by atoms with Crippen LogP contribution in [0.2, 0.25) is 0 Å². The molecule has 0 bridgehead atoms. The minimum absolute atomic E-state index is 0.0496. The van der Waals surface area contributed by atoms with Gasteiger partial charge in [-0.05, 0) is 33.7 Å². The summed E-state index contributed by atoms with van der Waals surface area (Å²) in [4.78, 5) is 13.9. The van der Waals surface area contributed by atoms with Gasteiger partial charge in [-0.2, -0.15) is 5.10 Å². The van der Waals surface area contributed by atoms with Gasteiger partial charge >= 0.3 is 0 Å². The van der Waals surface area contributed by atoms with E-state index in [-0.39, 0.29) is 12.0 Å². The lowest BCUT2D eigenvalue weighted by atomic mass is 10.2. The van der Waals surface area contributed by atoms with Crippen LogP contribution in [-0.4, -0.2) is 53.4 Å². The van der Waals surface area contributed by atoms with Crippen molar-refractivity contribution < 1.29 is 9.53 Å². The summed E-state index contributed by atoms with van der Waals surface area (Å²) < 4.78 is 7.42. The van der Waals surface area contributed by atoms with Gasteiger partial charge in [-0.15, -0.1) is 0 Å². The molecule has 6 nitrogen and oxygen atoms in total. The number of aromatic nitrogens is 2. The molecule has 0 saturated carbocycles. The minimum Gasteiger partial charge on any atom is -0.376 e. The predicted molar refractivity (Wildman–Crippen MR) is 81.0 cm³/mol. The monoisotopic (exact) mass is 294 g/mol. The molecule has 0 aromatic carbocycles. The van der Waals surface area contributed by atoms with Crippen LogP contribution in [0.5, 0.6) is 0 Å². The van der Waals surface area contributed by atoms with E-state index in [4.69, 9.17) is 4.74 Å². The second-order valence-corrected chi connectivity index (χ2v) is 5.71. The Balaban J connectivity index is 1.73. The number of carbonyl (C=O) groups is 1. The fourth-order valence-electron chi connectivity index (χ4n) is 2.56. The van der Waals surface area contributed by atoms with E-state index in [2.05, 4.69) is 23.5 Å². The number of nitrogens with zero attached hydrogens (tertiary/aromatic N) is 3. The number of hydrogen-bond donors (Lipinski definition) is 1. The maximum atomic E-state index is 11.9. The topological polar surface area (TPSA) is 59.4 Å². The summed E-state index contributed by atoms with van der Waals surface area (Å²) in [7, 11) is 1.95. The second-order valence-electron chi connectivity index (χ2n) is 5.71. The van der Waals surface area contributed by atoms with Crippen LogP contribution in [0.1, 0.15) is 31.0 Å². The van der Waals surface area contributed by atoms with Crippen LogP contribution in [0.3, 0.4) is 0 Å². The molecule has 0 spiro atoms. The molecule has 1 aliphatic rings. The number of aryl methyl sites for hydroxylation is 2. The van der Waals surface area contributed by atoms with Gasteiger partial charge in [0, 0.05) is 38.0 Å². The van der Waals surface area contributed by atoms with Gasteiger partial charge in [0.1, 0.15) is 0 Å². The van der Waals surface area contributed by atoms with Crippen molar-refractivity contribution in [2.45, 2.75) is 45.9 Å². The van der Waals surface area contributed by atoms with Crippen LogP contribution in [0.4, 0.5) is 0 Å². The molecule has 1 N–H and O–H groups in total. The summed E-state index contributed by atoms with van der Waals surface area (Å²) in [6, 6.07) is 0. The van der Waals surface area contributed by atoms with Gasteiger partial charge in [0.05, 0.1) is 18.3 Å². The Morgan fingerprint density at radius 3 is 3.05 bits per heavy atom. The first-order chi connectivity index (χ1) is 10.1. The van der Waals surface area contributed by atoms with Gasteiger partial charge in [-0.25, -0.2) is 0 Å². The molecule has 1 atom stereocenters. The zero-order valence-electron chi connectivity index (χ0n) is 13.3. The Bertz CT molecular complexity index is 466. The third-order valence-electron chi connectivity index (χ3n) is 3.78. The van der Waals surface area contributed by atoms with E-state index in [0.717, 1.165) is 38.2 Å².